The predicted molar refractivity (Wildman–Crippen MR) is 131 cm³/mol. The highest BCUT2D eigenvalue weighted by atomic mass is 32.2. The number of hydrogen-bond acceptors (Lipinski definition) is 3. The monoisotopic (exact) mass is 456 g/mol. The zero-order valence-corrected chi connectivity index (χ0v) is 19.1. The van der Waals surface area contributed by atoms with E-state index in [1.807, 2.05) is 79.7 Å². The van der Waals surface area contributed by atoms with Gasteiger partial charge in [-0.05, 0) is 71.6 Å². The van der Waals surface area contributed by atoms with E-state index in [-0.39, 0.29) is 12.5 Å². The van der Waals surface area contributed by atoms with Crippen LogP contribution in [0.15, 0.2) is 89.8 Å². The molecule has 0 saturated heterocycles. The minimum Gasteiger partial charge on any atom is -0.322 e. The molecular formula is C27H24N2O3S. The number of aryl methyl sites for hydroxylation is 1. The lowest BCUT2D eigenvalue weighted by atomic mass is 10.0. The summed E-state index contributed by atoms with van der Waals surface area (Å²) < 4.78 is 27.7. The van der Waals surface area contributed by atoms with E-state index >= 15 is 0 Å². The third kappa shape index (κ3) is 4.27. The summed E-state index contributed by atoms with van der Waals surface area (Å²) in [5.74, 6) is -0.194. The average molecular weight is 457 g/mol. The molecule has 0 aliphatic carbocycles. The molecule has 1 amide bonds. The topological polar surface area (TPSA) is 66.5 Å². The summed E-state index contributed by atoms with van der Waals surface area (Å²) in [5, 5.41) is 5.05. The second-order valence-corrected chi connectivity index (χ2v) is 10.3. The van der Waals surface area contributed by atoms with Gasteiger partial charge in [-0.2, -0.15) is 4.31 Å². The van der Waals surface area contributed by atoms with Crippen LogP contribution < -0.4 is 5.32 Å². The molecule has 0 radical (unpaired) electrons. The van der Waals surface area contributed by atoms with Crippen molar-refractivity contribution >= 4 is 32.4 Å². The number of carbonyl (C=O) groups is 1. The van der Waals surface area contributed by atoms with Gasteiger partial charge in [0.05, 0.1) is 4.90 Å². The first-order valence-electron chi connectivity index (χ1n) is 10.9. The largest absolute Gasteiger partial charge is 0.322 e. The molecule has 5 rings (SSSR count). The van der Waals surface area contributed by atoms with Crippen molar-refractivity contribution in [2.24, 2.45) is 0 Å². The second kappa shape index (κ2) is 8.46. The van der Waals surface area contributed by atoms with Gasteiger partial charge in [-0.3, -0.25) is 4.79 Å². The molecular weight excluding hydrogens is 432 g/mol. The Morgan fingerprint density at radius 1 is 0.848 bits per heavy atom. The Bertz CT molecular complexity index is 1460. The van der Waals surface area contributed by atoms with Crippen LogP contribution >= 0.6 is 0 Å². The third-order valence-corrected chi connectivity index (χ3v) is 7.97. The Kier molecular flexibility index (Phi) is 5.48. The Morgan fingerprint density at radius 2 is 1.61 bits per heavy atom. The highest BCUT2D eigenvalue weighted by Crippen LogP contribution is 2.27. The van der Waals surface area contributed by atoms with Crippen LogP contribution in [0, 0.1) is 6.92 Å². The third-order valence-electron chi connectivity index (χ3n) is 6.11. The van der Waals surface area contributed by atoms with E-state index in [0.29, 0.717) is 29.1 Å². The molecule has 4 aromatic carbocycles. The Balaban J connectivity index is 1.36. The van der Waals surface area contributed by atoms with E-state index in [1.54, 1.807) is 12.1 Å². The van der Waals surface area contributed by atoms with Gasteiger partial charge in [-0.25, -0.2) is 8.42 Å². The molecule has 0 saturated carbocycles. The number of fused-ring (bicyclic) bond motifs is 2. The van der Waals surface area contributed by atoms with E-state index in [0.717, 1.165) is 27.5 Å². The van der Waals surface area contributed by atoms with Crippen LogP contribution in [-0.2, 0) is 23.0 Å². The quantitative estimate of drug-likeness (QED) is 0.462. The first-order valence-corrected chi connectivity index (χ1v) is 12.3. The van der Waals surface area contributed by atoms with E-state index in [4.69, 9.17) is 0 Å². The molecule has 1 N–H and O–H groups in total. The van der Waals surface area contributed by atoms with Crippen molar-refractivity contribution in [3.63, 3.8) is 0 Å². The summed E-state index contributed by atoms with van der Waals surface area (Å²) in [6.07, 6.45) is 0.638. The fourth-order valence-electron chi connectivity index (χ4n) is 4.21. The summed E-state index contributed by atoms with van der Waals surface area (Å²) in [6, 6.07) is 26.2. The van der Waals surface area contributed by atoms with Crippen molar-refractivity contribution in [3.05, 3.63) is 107 Å². The van der Waals surface area contributed by atoms with Crippen molar-refractivity contribution in [1.82, 2.24) is 4.31 Å². The number of rotatable bonds is 4. The normalized spacial score (nSPS) is 14.1. The lowest BCUT2D eigenvalue weighted by Crippen LogP contribution is -2.36. The van der Waals surface area contributed by atoms with Gasteiger partial charge in [-0.15, -0.1) is 0 Å². The lowest BCUT2D eigenvalue weighted by Gasteiger charge is -2.28. The molecule has 166 valence electrons. The number of carbonyl (C=O) groups excluding carboxylic acids is 1. The summed E-state index contributed by atoms with van der Waals surface area (Å²) >= 11 is 0. The SMILES string of the molecule is Cc1ccc(S(=O)(=O)N2CCc3ccc(NC(=O)c4ccc5ccccc5c4)cc3C2)cc1. The Morgan fingerprint density at radius 3 is 2.39 bits per heavy atom. The average Bonchev–Trinajstić information content (AvgIpc) is 2.83. The summed E-state index contributed by atoms with van der Waals surface area (Å²) in [5.41, 5.74) is 4.27. The van der Waals surface area contributed by atoms with Crippen LogP contribution in [0.4, 0.5) is 5.69 Å². The van der Waals surface area contributed by atoms with Crippen LogP contribution in [0.1, 0.15) is 27.0 Å². The molecule has 5 nitrogen and oxygen atoms in total. The van der Waals surface area contributed by atoms with Crippen LogP contribution in [0.25, 0.3) is 10.8 Å². The van der Waals surface area contributed by atoms with E-state index < -0.39 is 10.0 Å². The number of benzene rings is 4. The minimum absolute atomic E-state index is 0.194. The number of nitrogens with one attached hydrogen (secondary N) is 1. The molecule has 0 aromatic heterocycles. The molecule has 1 heterocycles. The summed E-state index contributed by atoms with van der Waals surface area (Å²) in [6.45, 7) is 2.65. The van der Waals surface area contributed by atoms with Crippen molar-refractivity contribution in [2.75, 3.05) is 11.9 Å². The summed E-state index contributed by atoms with van der Waals surface area (Å²) in [4.78, 5) is 13.1. The summed E-state index contributed by atoms with van der Waals surface area (Å²) in [7, 11) is -3.58. The van der Waals surface area contributed by atoms with Crippen LogP contribution in [-0.4, -0.2) is 25.2 Å². The molecule has 1 aliphatic heterocycles. The van der Waals surface area contributed by atoms with Crippen molar-refractivity contribution in [1.29, 1.82) is 0 Å². The zero-order valence-electron chi connectivity index (χ0n) is 18.3. The Hall–Kier alpha value is -3.48. The highest BCUT2D eigenvalue weighted by Gasteiger charge is 2.28. The van der Waals surface area contributed by atoms with Gasteiger partial charge < -0.3 is 5.32 Å². The molecule has 33 heavy (non-hydrogen) atoms. The fourth-order valence-corrected chi connectivity index (χ4v) is 5.63. The van der Waals surface area contributed by atoms with Crippen molar-refractivity contribution < 1.29 is 13.2 Å². The molecule has 0 spiro atoms. The number of anilines is 1. The molecule has 0 unspecified atom stereocenters. The van der Waals surface area contributed by atoms with E-state index in [9.17, 15) is 13.2 Å². The Labute approximate surface area is 193 Å². The maximum Gasteiger partial charge on any atom is 0.255 e. The van der Waals surface area contributed by atoms with Gasteiger partial charge in [0, 0.05) is 24.3 Å². The molecule has 0 atom stereocenters. The van der Waals surface area contributed by atoms with E-state index in [2.05, 4.69) is 5.32 Å². The van der Waals surface area contributed by atoms with Crippen LogP contribution in [0.5, 0.6) is 0 Å². The second-order valence-electron chi connectivity index (χ2n) is 8.40. The van der Waals surface area contributed by atoms with Gasteiger partial charge in [0.2, 0.25) is 10.0 Å². The standard InChI is InChI=1S/C27H24N2O3S/c1-19-6-12-26(13-7-19)33(31,32)29-15-14-21-10-11-25(17-24(21)18-29)28-27(30)23-9-8-20-4-2-3-5-22(20)16-23/h2-13,16-17H,14-15,18H2,1H3,(H,28,30). The molecule has 6 heteroatoms. The number of amides is 1. The number of hydrogen-bond donors (Lipinski definition) is 1. The smallest absolute Gasteiger partial charge is 0.255 e. The van der Waals surface area contributed by atoms with Crippen molar-refractivity contribution in [2.45, 2.75) is 24.8 Å². The lowest BCUT2D eigenvalue weighted by molar-refractivity contribution is 0.102. The van der Waals surface area contributed by atoms with Crippen LogP contribution in [0.3, 0.4) is 0 Å². The molecule has 0 bridgehead atoms. The van der Waals surface area contributed by atoms with Gasteiger partial charge in [0.25, 0.3) is 5.91 Å². The molecule has 0 fully saturated rings. The zero-order chi connectivity index (χ0) is 23.0. The highest BCUT2D eigenvalue weighted by molar-refractivity contribution is 7.89. The first-order chi connectivity index (χ1) is 15.9. The maximum atomic E-state index is 13.1. The molecule has 4 aromatic rings. The fraction of sp³-hybridized carbons (Fsp3) is 0.148. The van der Waals surface area contributed by atoms with Crippen molar-refractivity contribution in [3.8, 4) is 0 Å². The van der Waals surface area contributed by atoms with Gasteiger partial charge in [-0.1, -0.05) is 54.1 Å². The first kappa shape index (κ1) is 21.4. The maximum absolute atomic E-state index is 13.1. The minimum atomic E-state index is -3.58. The van der Waals surface area contributed by atoms with Gasteiger partial charge >= 0.3 is 0 Å². The number of nitrogens with zero attached hydrogens (tertiary/aromatic N) is 1. The van der Waals surface area contributed by atoms with Gasteiger partial charge in [0.1, 0.15) is 0 Å². The van der Waals surface area contributed by atoms with Crippen LogP contribution in [0.2, 0.25) is 0 Å². The van der Waals surface area contributed by atoms with Gasteiger partial charge in [0.15, 0.2) is 0 Å². The molecule has 1 aliphatic rings. The number of sulfonamides is 1. The van der Waals surface area contributed by atoms with E-state index in [1.165, 1.54) is 4.31 Å². The predicted octanol–water partition coefficient (Wildman–Crippen LogP) is 5.15.